The van der Waals surface area contributed by atoms with Crippen molar-refractivity contribution in [2.45, 2.75) is 6.92 Å². The molecular formula is C25H19ClN4O2. The molecule has 0 spiro atoms. The Kier molecular flexibility index (Phi) is 5.21. The number of halogens is 1. The van der Waals surface area contributed by atoms with Gasteiger partial charge in [-0.15, -0.1) is 10.2 Å². The number of aromatic nitrogens is 4. The van der Waals surface area contributed by atoms with Crippen molar-refractivity contribution in [1.82, 2.24) is 19.6 Å². The van der Waals surface area contributed by atoms with Crippen LogP contribution < -0.4 is 4.74 Å². The van der Waals surface area contributed by atoms with Gasteiger partial charge in [-0.3, -0.25) is 4.40 Å². The molecule has 5 rings (SSSR count). The summed E-state index contributed by atoms with van der Waals surface area (Å²) in [6.45, 7) is 2.35. The molecule has 2 heterocycles. The third kappa shape index (κ3) is 3.65. The van der Waals surface area contributed by atoms with E-state index in [2.05, 4.69) is 10.2 Å². The Bertz CT molecular complexity index is 1460. The number of ether oxygens (including phenoxy) is 1. The summed E-state index contributed by atoms with van der Waals surface area (Å²) in [6, 6.07) is 20.6. The molecule has 0 radical (unpaired) electrons. The minimum atomic E-state index is 0.0577. The SMILES string of the molecule is CCOc1ccc(-c2nnc3c(/C=C/c4ccc(Cl)cc4)nc4ccccc4n23)cc1O. The molecule has 7 heteroatoms. The predicted octanol–water partition coefficient (Wildman–Crippen LogP) is 5.87. The van der Waals surface area contributed by atoms with Crippen molar-refractivity contribution in [3.05, 3.63) is 83.0 Å². The smallest absolute Gasteiger partial charge is 0.187 e. The summed E-state index contributed by atoms with van der Waals surface area (Å²) in [6.07, 6.45) is 3.88. The van der Waals surface area contributed by atoms with E-state index in [-0.39, 0.29) is 5.75 Å². The van der Waals surface area contributed by atoms with Gasteiger partial charge in [-0.2, -0.15) is 0 Å². The minimum absolute atomic E-state index is 0.0577. The number of phenols is 1. The van der Waals surface area contributed by atoms with Gasteiger partial charge < -0.3 is 9.84 Å². The Hall–Kier alpha value is -3.90. The lowest BCUT2D eigenvalue weighted by Gasteiger charge is -2.09. The van der Waals surface area contributed by atoms with E-state index in [9.17, 15) is 5.11 Å². The van der Waals surface area contributed by atoms with Gasteiger partial charge in [0.25, 0.3) is 0 Å². The first-order chi connectivity index (χ1) is 15.6. The van der Waals surface area contributed by atoms with E-state index in [1.165, 1.54) is 0 Å². The molecule has 0 saturated carbocycles. The number of phenolic OH excluding ortho intramolecular Hbond substituents is 1. The van der Waals surface area contributed by atoms with Gasteiger partial charge in [-0.25, -0.2) is 4.98 Å². The Labute approximate surface area is 189 Å². The van der Waals surface area contributed by atoms with Crippen LogP contribution in [-0.2, 0) is 0 Å². The molecule has 0 unspecified atom stereocenters. The highest BCUT2D eigenvalue weighted by Crippen LogP contribution is 2.32. The molecule has 0 aliphatic rings. The maximum Gasteiger partial charge on any atom is 0.187 e. The molecule has 0 fully saturated rings. The molecule has 0 aliphatic carbocycles. The molecule has 0 atom stereocenters. The van der Waals surface area contributed by atoms with E-state index in [1.54, 1.807) is 12.1 Å². The topological polar surface area (TPSA) is 72.5 Å². The largest absolute Gasteiger partial charge is 0.504 e. The molecule has 0 amide bonds. The van der Waals surface area contributed by atoms with Gasteiger partial charge in [-0.05, 0) is 61.0 Å². The number of para-hydroxylation sites is 2. The van der Waals surface area contributed by atoms with Gasteiger partial charge in [0.1, 0.15) is 5.69 Å². The van der Waals surface area contributed by atoms with Crippen molar-refractivity contribution in [1.29, 1.82) is 0 Å². The predicted molar refractivity (Wildman–Crippen MR) is 127 cm³/mol. The highest BCUT2D eigenvalue weighted by Gasteiger charge is 2.16. The van der Waals surface area contributed by atoms with Gasteiger partial charge in [-0.1, -0.05) is 41.9 Å². The summed E-state index contributed by atoms with van der Waals surface area (Å²) in [7, 11) is 0. The first kappa shape index (κ1) is 20.0. The average molecular weight is 443 g/mol. The number of aromatic hydroxyl groups is 1. The molecule has 158 valence electrons. The van der Waals surface area contributed by atoms with Crippen LogP contribution >= 0.6 is 11.6 Å². The Morgan fingerprint density at radius 3 is 2.59 bits per heavy atom. The van der Waals surface area contributed by atoms with E-state index < -0.39 is 0 Å². The summed E-state index contributed by atoms with van der Waals surface area (Å²) in [5.74, 6) is 1.10. The standard InChI is InChI=1S/C25H19ClN4O2/c1-2-32-23-14-10-17(15-22(23)31)24-28-29-25-20(13-9-16-7-11-18(26)12-8-16)27-19-5-3-4-6-21(19)30(24)25/h3-15,31H,2H2,1H3/b13-9+. The second-order valence-electron chi connectivity index (χ2n) is 7.17. The van der Waals surface area contributed by atoms with Crippen molar-refractivity contribution in [3.8, 4) is 22.9 Å². The first-order valence-corrected chi connectivity index (χ1v) is 10.6. The van der Waals surface area contributed by atoms with Crippen LogP contribution in [0.2, 0.25) is 5.02 Å². The fraction of sp³-hybridized carbons (Fsp3) is 0.0800. The van der Waals surface area contributed by atoms with Crippen LogP contribution in [0.1, 0.15) is 18.2 Å². The molecule has 3 aromatic carbocycles. The number of nitrogens with zero attached hydrogens (tertiary/aromatic N) is 4. The van der Waals surface area contributed by atoms with E-state index in [4.69, 9.17) is 21.3 Å². The van der Waals surface area contributed by atoms with Gasteiger partial charge in [0.2, 0.25) is 0 Å². The normalized spacial score (nSPS) is 11.6. The van der Waals surface area contributed by atoms with Gasteiger partial charge in [0.05, 0.1) is 17.6 Å². The molecule has 5 aromatic rings. The molecule has 0 saturated heterocycles. The van der Waals surface area contributed by atoms with Crippen molar-refractivity contribution in [3.63, 3.8) is 0 Å². The maximum atomic E-state index is 10.4. The second-order valence-corrected chi connectivity index (χ2v) is 7.61. The number of hydrogen-bond donors (Lipinski definition) is 1. The molecule has 2 aromatic heterocycles. The van der Waals surface area contributed by atoms with Crippen LogP contribution in [0.25, 0.3) is 40.2 Å². The highest BCUT2D eigenvalue weighted by molar-refractivity contribution is 6.30. The van der Waals surface area contributed by atoms with Crippen LogP contribution in [0.4, 0.5) is 0 Å². The van der Waals surface area contributed by atoms with E-state index in [0.29, 0.717) is 34.5 Å². The number of rotatable bonds is 5. The minimum Gasteiger partial charge on any atom is -0.504 e. The third-order valence-corrected chi connectivity index (χ3v) is 5.33. The molecule has 0 bridgehead atoms. The summed E-state index contributed by atoms with van der Waals surface area (Å²) < 4.78 is 7.40. The van der Waals surface area contributed by atoms with Crippen molar-refractivity contribution in [2.24, 2.45) is 0 Å². The molecule has 32 heavy (non-hydrogen) atoms. The molecule has 6 nitrogen and oxygen atoms in total. The zero-order valence-corrected chi connectivity index (χ0v) is 18.0. The number of fused-ring (bicyclic) bond motifs is 3. The quantitative estimate of drug-likeness (QED) is 0.368. The summed E-state index contributed by atoms with van der Waals surface area (Å²) in [4.78, 5) is 4.79. The maximum absolute atomic E-state index is 10.4. The Morgan fingerprint density at radius 2 is 1.81 bits per heavy atom. The van der Waals surface area contributed by atoms with Crippen molar-refractivity contribution in [2.75, 3.05) is 6.61 Å². The van der Waals surface area contributed by atoms with Gasteiger partial charge in [0, 0.05) is 10.6 Å². The third-order valence-electron chi connectivity index (χ3n) is 5.08. The lowest BCUT2D eigenvalue weighted by molar-refractivity contribution is 0.318. The lowest BCUT2D eigenvalue weighted by Crippen LogP contribution is -1.98. The van der Waals surface area contributed by atoms with E-state index in [0.717, 1.165) is 22.2 Å². The number of hydrogen-bond acceptors (Lipinski definition) is 5. The zero-order valence-electron chi connectivity index (χ0n) is 17.2. The first-order valence-electron chi connectivity index (χ1n) is 10.2. The summed E-state index contributed by atoms with van der Waals surface area (Å²) in [5, 5.41) is 19.9. The van der Waals surface area contributed by atoms with Crippen molar-refractivity contribution >= 4 is 40.4 Å². The van der Waals surface area contributed by atoms with Gasteiger partial charge >= 0.3 is 0 Å². The van der Waals surface area contributed by atoms with E-state index >= 15 is 0 Å². The lowest BCUT2D eigenvalue weighted by atomic mass is 10.1. The van der Waals surface area contributed by atoms with Crippen LogP contribution in [0, 0.1) is 0 Å². The van der Waals surface area contributed by atoms with Crippen molar-refractivity contribution < 1.29 is 9.84 Å². The molecule has 1 N–H and O–H groups in total. The highest BCUT2D eigenvalue weighted by atomic mass is 35.5. The number of benzene rings is 3. The fourth-order valence-electron chi connectivity index (χ4n) is 3.59. The second kappa shape index (κ2) is 8.32. The Morgan fingerprint density at radius 1 is 1.00 bits per heavy atom. The van der Waals surface area contributed by atoms with Crippen LogP contribution in [0.5, 0.6) is 11.5 Å². The summed E-state index contributed by atoms with van der Waals surface area (Å²) >= 11 is 5.99. The van der Waals surface area contributed by atoms with E-state index in [1.807, 2.05) is 78.1 Å². The average Bonchev–Trinajstić information content (AvgIpc) is 3.26. The fourth-order valence-corrected chi connectivity index (χ4v) is 3.71. The summed E-state index contributed by atoms with van der Waals surface area (Å²) in [5.41, 5.74) is 4.72. The molecule has 0 aliphatic heterocycles. The van der Waals surface area contributed by atoms with Gasteiger partial charge in [0.15, 0.2) is 23.0 Å². The Balaban J connectivity index is 1.68. The van der Waals surface area contributed by atoms with Crippen LogP contribution in [-0.4, -0.2) is 31.3 Å². The zero-order chi connectivity index (χ0) is 22.1. The van der Waals surface area contributed by atoms with Crippen LogP contribution in [0.3, 0.4) is 0 Å². The van der Waals surface area contributed by atoms with Crippen LogP contribution in [0.15, 0.2) is 66.7 Å². The monoisotopic (exact) mass is 442 g/mol. The molecular weight excluding hydrogens is 424 g/mol.